The molecule has 4 rings (SSSR count). The summed E-state index contributed by atoms with van der Waals surface area (Å²) in [4.78, 5) is 17.2. The number of nitrogens with one attached hydrogen (secondary N) is 2. The van der Waals surface area contributed by atoms with E-state index in [1.165, 1.54) is 25.7 Å². The van der Waals surface area contributed by atoms with E-state index in [4.69, 9.17) is 0 Å². The summed E-state index contributed by atoms with van der Waals surface area (Å²) in [6.45, 7) is 0. The lowest BCUT2D eigenvalue weighted by Crippen LogP contribution is -2.19. The normalized spacial score (nSPS) is 14.8. The maximum atomic E-state index is 12.7. The van der Waals surface area contributed by atoms with Crippen LogP contribution in [0.15, 0.2) is 53.8 Å². The number of H-pyrrole nitrogens is 1. The summed E-state index contributed by atoms with van der Waals surface area (Å²) in [5, 5.41) is 10.1. The van der Waals surface area contributed by atoms with Crippen LogP contribution in [0.5, 0.6) is 0 Å². The molecule has 3 aromatic rings. The van der Waals surface area contributed by atoms with Crippen molar-refractivity contribution in [2.75, 3.05) is 5.32 Å². The Morgan fingerprint density at radius 3 is 2.75 bits per heavy atom. The minimum atomic E-state index is -0.0859. The van der Waals surface area contributed by atoms with E-state index in [9.17, 15) is 4.79 Å². The average Bonchev–Trinajstić information content (AvgIpc) is 3.30. The van der Waals surface area contributed by atoms with Gasteiger partial charge in [0.1, 0.15) is 5.82 Å². The minimum absolute atomic E-state index is 0.0859. The number of pyridine rings is 2. The van der Waals surface area contributed by atoms with Gasteiger partial charge in [0.15, 0.2) is 0 Å². The van der Waals surface area contributed by atoms with Crippen molar-refractivity contribution in [3.8, 4) is 16.8 Å². The number of anilines is 1. The summed E-state index contributed by atoms with van der Waals surface area (Å²) in [5.41, 5.74) is 2.06. The van der Waals surface area contributed by atoms with Crippen LogP contribution in [0.2, 0.25) is 0 Å². The molecule has 0 radical (unpaired) electrons. The van der Waals surface area contributed by atoms with E-state index >= 15 is 0 Å². The Hall–Kier alpha value is -2.89. The number of aromatic nitrogens is 4. The predicted octanol–water partition coefficient (Wildman–Crippen LogP) is 2.98. The highest BCUT2D eigenvalue weighted by Crippen LogP contribution is 2.21. The highest BCUT2D eigenvalue weighted by Gasteiger charge is 2.15. The molecule has 0 unspecified atom stereocenters. The van der Waals surface area contributed by atoms with Gasteiger partial charge in [-0.3, -0.25) is 14.5 Å². The van der Waals surface area contributed by atoms with Gasteiger partial charge in [-0.05, 0) is 37.1 Å². The monoisotopic (exact) mass is 321 g/mol. The molecule has 3 aromatic heterocycles. The average molecular weight is 321 g/mol. The van der Waals surface area contributed by atoms with Crippen LogP contribution in [0.1, 0.15) is 25.7 Å². The molecule has 0 atom stereocenters. The first-order valence-corrected chi connectivity index (χ1v) is 8.25. The van der Waals surface area contributed by atoms with Gasteiger partial charge in [0.2, 0.25) is 0 Å². The largest absolute Gasteiger partial charge is 0.367 e. The van der Waals surface area contributed by atoms with E-state index in [0.717, 1.165) is 17.1 Å². The molecule has 0 amide bonds. The third kappa shape index (κ3) is 2.82. The van der Waals surface area contributed by atoms with Crippen LogP contribution in [0.25, 0.3) is 16.8 Å². The molecule has 0 bridgehead atoms. The molecule has 2 N–H and O–H groups in total. The van der Waals surface area contributed by atoms with Crippen molar-refractivity contribution in [2.24, 2.45) is 0 Å². The first-order chi connectivity index (χ1) is 11.8. The van der Waals surface area contributed by atoms with E-state index in [1.54, 1.807) is 35.4 Å². The summed E-state index contributed by atoms with van der Waals surface area (Å²) in [7, 11) is 0. The van der Waals surface area contributed by atoms with Gasteiger partial charge in [0.05, 0.1) is 23.6 Å². The predicted molar refractivity (Wildman–Crippen MR) is 93.3 cm³/mol. The van der Waals surface area contributed by atoms with Gasteiger partial charge in [-0.1, -0.05) is 12.8 Å². The molecule has 0 aromatic carbocycles. The van der Waals surface area contributed by atoms with Gasteiger partial charge in [0.25, 0.3) is 5.56 Å². The Balaban J connectivity index is 1.62. The molecule has 1 fully saturated rings. The smallest absolute Gasteiger partial charge is 0.263 e. The zero-order valence-electron chi connectivity index (χ0n) is 13.3. The van der Waals surface area contributed by atoms with Crippen molar-refractivity contribution >= 4 is 5.82 Å². The summed E-state index contributed by atoms with van der Waals surface area (Å²) in [5.74, 6) is 0.865. The lowest BCUT2D eigenvalue weighted by Gasteiger charge is -2.13. The fourth-order valence-corrected chi connectivity index (χ4v) is 3.21. The maximum Gasteiger partial charge on any atom is 0.263 e. The number of rotatable bonds is 4. The summed E-state index contributed by atoms with van der Waals surface area (Å²) >= 11 is 0. The van der Waals surface area contributed by atoms with Crippen LogP contribution >= 0.6 is 0 Å². The Kier molecular flexibility index (Phi) is 3.86. The van der Waals surface area contributed by atoms with E-state index in [-0.39, 0.29) is 5.56 Å². The maximum absolute atomic E-state index is 12.7. The molecular weight excluding hydrogens is 302 g/mol. The molecule has 6 heteroatoms. The topological polar surface area (TPSA) is 75.6 Å². The van der Waals surface area contributed by atoms with Crippen molar-refractivity contribution in [3.63, 3.8) is 0 Å². The Morgan fingerprint density at radius 2 is 2.04 bits per heavy atom. The molecule has 1 aliphatic carbocycles. The molecule has 1 aliphatic rings. The quantitative estimate of drug-likeness (QED) is 0.774. The van der Waals surface area contributed by atoms with Crippen LogP contribution in [-0.2, 0) is 0 Å². The second-order valence-corrected chi connectivity index (χ2v) is 6.11. The van der Waals surface area contributed by atoms with Crippen molar-refractivity contribution in [3.05, 3.63) is 59.4 Å². The molecule has 0 aliphatic heterocycles. The molecule has 24 heavy (non-hydrogen) atoms. The number of aromatic amines is 1. The lowest BCUT2D eigenvalue weighted by atomic mass is 10.1. The van der Waals surface area contributed by atoms with Gasteiger partial charge >= 0.3 is 0 Å². The van der Waals surface area contributed by atoms with Crippen molar-refractivity contribution in [2.45, 2.75) is 31.7 Å². The van der Waals surface area contributed by atoms with Crippen LogP contribution in [-0.4, -0.2) is 25.8 Å². The first-order valence-electron chi connectivity index (χ1n) is 8.25. The molecule has 122 valence electrons. The number of nitrogens with zero attached hydrogens (tertiary/aromatic N) is 3. The molecule has 0 spiro atoms. The number of hydrogen-bond donors (Lipinski definition) is 2. The van der Waals surface area contributed by atoms with Gasteiger partial charge in [-0.2, -0.15) is 5.10 Å². The van der Waals surface area contributed by atoms with Crippen LogP contribution in [0, 0.1) is 0 Å². The van der Waals surface area contributed by atoms with Gasteiger partial charge in [-0.15, -0.1) is 0 Å². The molecule has 1 saturated carbocycles. The zero-order chi connectivity index (χ0) is 16.4. The van der Waals surface area contributed by atoms with E-state index in [2.05, 4.69) is 20.5 Å². The van der Waals surface area contributed by atoms with Crippen molar-refractivity contribution < 1.29 is 0 Å². The minimum Gasteiger partial charge on any atom is -0.367 e. The first kappa shape index (κ1) is 14.7. The second-order valence-electron chi connectivity index (χ2n) is 6.11. The lowest BCUT2D eigenvalue weighted by molar-refractivity contribution is 0.750. The standard InChI is InChI=1S/C18H19N5O/c24-18-16(13-10-20-21-11-13)6-3-9-23(18)15-7-8-17(19-12-15)22-14-4-1-2-5-14/h3,6-12,14H,1-2,4-5H2,(H,19,22)(H,20,21). The number of hydrogen-bond acceptors (Lipinski definition) is 4. The molecule has 0 saturated heterocycles. The Labute approximate surface area is 139 Å². The van der Waals surface area contributed by atoms with E-state index in [0.29, 0.717) is 11.6 Å². The SMILES string of the molecule is O=c1c(-c2cn[nH]c2)cccn1-c1ccc(NC2CCCC2)nc1. The van der Waals surface area contributed by atoms with Gasteiger partial charge in [0, 0.05) is 24.0 Å². The molecule has 3 heterocycles. The van der Waals surface area contributed by atoms with Crippen LogP contribution in [0.3, 0.4) is 0 Å². The molecular formula is C18H19N5O. The van der Waals surface area contributed by atoms with Crippen LogP contribution < -0.4 is 10.9 Å². The van der Waals surface area contributed by atoms with Gasteiger partial charge < -0.3 is 5.32 Å². The Bertz CT molecular complexity index is 861. The fourth-order valence-electron chi connectivity index (χ4n) is 3.21. The van der Waals surface area contributed by atoms with E-state index in [1.807, 2.05) is 18.2 Å². The zero-order valence-corrected chi connectivity index (χ0v) is 13.3. The van der Waals surface area contributed by atoms with Gasteiger partial charge in [-0.25, -0.2) is 4.98 Å². The summed E-state index contributed by atoms with van der Waals surface area (Å²) in [6.07, 6.45) is 11.8. The van der Waals surface area contributed by atoms with Crippen molar-refractivity contribution in [1.82, 2.24) is 19.7 Å². The highest BCUT2D eigenvalue weighted by atomic mass is 16.1. The fraction of sp³-hybridized carbons (Fsp3) is 0.278. The molecule has 6 nitrogen and oxygen atoms in total. The Morgan fingerprint density at radius 1 is 1.17 bits per heavy atom. The highest BCUT2D eigenvalue weighted by molar-refractivity contribution is 5.60. The van der Waals surface area contributed by atoms with Crippen LogP contribution in [0.4, 0.5) is 5.82 Å². The summed E-state index contributed by atoms with van der Waals surface area (Å²) in [6, 6.07) is 8.03. The van der Waals surface area contributed by atoms with E-state index < -0.39 is 0 Å². The van der Waals surface area contributed by atoms with Crippen molar-refractivity contribution in [1.29, 1.82) is 0 Å². The third-order valence-corrected chi connectivity index (χ3v) is 4.49. The summed E-state index contributed by atoms with van der Waals surface area (Å²) < 4.78 is 1.61. The third-order valence-electron chi connectivity index (χ3n) is 4.49. The second kappa shape index (κ2) is 6.31.